The number of nitrogens with one attached hydrogen (secondary N) is 1. The summed E-state index contributed by atoms with van der Waals surface area (Å²) in [6, 6.07) is 10.7. The molecule has 0 aliphatic rings. The zero-order valence-electron chi connectivity index (χ0n) is 13.5. The van der Waals surface area contributed by atoms with E-state index in [0.29, 0.717) is 22.2 Å². The third-order valence-corrected chi connectivity index (χ3v) is 5.52. The topological polar surface area (TPSA) is 75.0 Å². The van der Waals surface area contributed by atoms with Crippen LogP contribution in [0.15, 0.2) is 46.7 Å². The quantitative estimate of drug-likeness (QED) is 0.477. The maximum absolute atomic E-state index is 12.4. The second-order valence-electron chi connectivity index (χ2n) is 5.03. The van der Waals surface area contributed by atoms with E-state index in [1.807, 2.05) is 29.0 Å². The minimum absolute atomic E-state index is 0.0417. The van der Waals surface area contributed by atoms with Crippen LogP contribution >= 0.6 is 34.3 Å². The Morgan fingerprint density at radius 1 is 1.38 bits per heavy atom. The number of carbonyl (C=O) groups excluding carboxylic acids is 1. The van der Waals surface area contributed by atoms with Gasteiger partial charge in [-0.1, -0.05) is 17.7 Å². The number of thiophene rings is 1. The lowest BCUT2D eigenvalue weighted by molar-refractivity contribution is -0.112. The van der Waals surface area contributed by atoms with E-state index in [-0.39, 0.29) is 5.57 Å². The lowest BCUT2D eigenvalue weighted by atomic mass is 10.2. The lowest BCUT2D eigenvalue weighted by Gasteiger charge is -2.07. The van der Waals surface area contributed by atoms with Gasteiger partial charge in [-0.05, 0) is 35.7 Å². The summed E-state index contributed by atoms with van der Waals surface area (Å²) in [6.07, 6.45) is 1.47. The van der Waals surface area contributed by atoms with Gasteiger partial charge in [-0.3, -0.25) is 4.79 Å². The first-order chi connectivity index (χ1) is 12.6. The van der Waals surface area contributed by atoms with Gasteiger partial charge < -0.3 is 10.1 Å². The number of thiazole rings is 1. The summed E-state index contributed by atoms with van der Waals surface area (Å²) in [5, 5.41) is 17.0. The van der Waals surface area contributed by atoms with Crippen LogP contribution in [0.3, 0.4) is 0 Å². The molecule has 0 radical (unpaired) electrons. The molecule has 0 fully saturated rings. The van der Waals surface area contributed by atoms with Crippen molar-refractivity contribution in [1.29, 1.82) is 5.26 Å². The smallest absolute Gasteiger partial charge is 0.266 e. The molecule has 0 aliphatic carbocycles. The van der Waals surface area contributed by atoms with E-state index >= 15 is 0 Å². The molecule has 0 atom stereocenters. The van der Waals surface area contributed by atoms with Crippen molar-refractivity contribution in [2.75, 3.05) is 12.4 Å². The highest BCUT2D eigenvalue weighted by molar-refractivity contribution is 7.20. The monoisotopic (exact) mass is 401 g/mol. The van der Waals surface area contributed by atoms with Gasteiger partial charge in [0, 0.05) is 11.1 Å². The van der Waals surface area contributed by atoms with Gasteiger partial charge in [-0.15, -0.1) is 22.7 Å². The van der Waals surface area contributed by atoms with Crippen molar-refractivity contribution in [1.82, 2.24) is 4.98 Å². The first kappa shape index (κ1) is 18.1. The number of benzene rings is 1. The van der Waals surface area contributed by atoms with Crippen molar-refractivity contribution >= 4 is 51.9 Å². The summed E-state index contributed by atoms with van der Waals surface area (Å²) in [5.41, 5.74) is 0.998. The van der Waals surface area contributed by atoms with Crippen LogP contribution in [0.2, 0.25) is 5.02 Å². The molecule has 3 rings (SSSR count). The van der Waals surface area contributed by atoms with Gasteiger partial charge in [0.1, 0.15) is 22.4 Å². The van der Waals surface area contributed by atoms with Crippen LogP contribution in [0.4, 0.5) is 5.69 Å². The van der Waals surface area contributed by atoms with E-state index < -0.39 is 5.91 Å². The normalized spacial score (nSPS) is 11.0. The van der Waals surface area contributed by atoms with Crippen LogP contribution in [0.1, 0.15) is 5.69 Å². The van der Waals surface area contributed by atoms with Crippen molar-refractivity contribution in [3.63, 3.8) is 0 Å². The largest absolute Gasteiger partial charge is 0.495 e. The Hall–Kier alpha value is -2.66. The SMILES string of the molecule is COc1ccc(NC(=O)/C(C#N)=C/c2csc(-c3cccs3)n2)cc1Cl. The Bertz CT molecular complexity index is 1000. The number of nitrogens with zero attached hydrogens (tertiary/aromatic N) is 2. The van der Waals surface area contributed by atoms with Gasteiger partial charge in [-0.25, -0.2) is 4.98 Å². The molecule has 5 nitrogen and oxygen atoms in total. The Morgan fingerprint density at radius 2 is 2.23 bits per heavy atom. The predicted molar refractivity (Wildman–Crippen MR) is 106 cm³/mol. The van der Waals surface area contributed by atoms with Crippen molar-refractivity contribution in [2.24, 2.45) is 0 Å². The number of hydrogen-bond donors (Lipinski definition) is 1. The molecule has 8 heteroatoms. The van der Waals surface area contributed by atoms with Crippen molar-refractivity contribution in [3.05, 3.63) is 57.4 Å². The number of halogens is 1. The molecule has 0 aliphatic heterocycles. The van der Waals surface area contributed by atoms with E-state index in [0.717, 1.165) is 9.88 Å². The summed E-state index contributed by atoms with van der Waals surface area (Å²) in [5.74, 6) is -0.0244. The van der Waals surface area contributed by atoms with Crippen LogP contribution in [0.5, 0.6) is 5.75 Å². The highest BCUT2D eigenvalue weighted by atomic mass is 35.5. The van der Waals surface area contributed by atoms with Gasteiger partial charge >= 0.3 is 0 Å². The standard InChI is InChI=1S/C18H12ClN3O2S2/c1-24-15-5-4-12(8-14(15)19)21-17(23)11(9-20)7-13-10-26-18(22-13)16-3-2-6-25-16/h2-8,10H,1H3,(H,21,23)/b11-7+. The van der Waals surface area contributed by atoms with Crippen molar-refractivity contribution < 1.29 is 9.53 Å². The molecule has 130 valence electrons. The molecular formula is C18H12ClN3O2S2. The fraction of sp³-hybridized carbons (Fsp3) is 0.0556. The van der Waals surface area contributed by atoms with Gasteiger partial charge in [0.15, 0.2) is 0 Å². The number of anilines is 1. The number of hydrogen-bond acceptors (Lipinski definition) is 6. The van der Waals surface area contributed by atoms with E-state index in [2.05, 4.69) is 10.3 Å². The molecule has 0 saturated carbocycles. The molecule has 0 saturated heterocycles. The van der Waals surface area contributed by atoms with E-state index in [1.54, 1.807) is 29.5 Å². The number of rotatable bonds is 5. The third kappa shape index (κ3) is 4.11. The van der Waals surface area contributed by atoms with E-state index in [9.17, 15) is 10.1 Å². The molecule has 1 N–H and O–H groups in total. The van der Waals surface area contributed by atoms with Gasteiger partial charge in [0.25, 0.3) is 5.91 Å². The molecule has 2 heterocycles. The Kier molecular flexibility index (Phi) is 5.68. The molecule has 1 aromatic carbocycles. The molecule has 3 aromatic rings. The maximum Gasteiger partial charge on any atom is 0.266 e. The zero-order valence-corrected chi connectivity index (χ0v) is 15.9. The Balaban J connectivity index is 1.78. The fourth-order valence-corrected chi connectivity index (χ4v) is 3.95. The first-order valence-electron chi connectivity index (χ1n) is 7.37. The van der Waals surface area contributed by atoms with Crippen LogP contribution in [-0.4, -0.2) is 18.0 Å². The summed E-state index contributed by atoms with van der Waals surface area (Å²) < 4.78 is 5.07. The second-order valence-corrected chi connectivity index (χ2v) is 7.24. The second kappa shape index (κ2) is 8.15. The van der Waals surface area contributed by atoms with Crippen LogP contribution < -0.4 is 10.1 Å². The summed E-state index contributed by atoms with van der Waals surface area (Å²) >= 11 is 9.09. The molecule has 0 spiro atoms. The van der Waals surface area contributed by atoms with E-state index in [4.69, 9.17) is 16.3 Å². The van der Waals surface area contributed by atoms with Gasteiger partial charge in [0.05, 0.1) is 22.7 Å². The molecular weight excluding hydrogens is 390 g/mol. The van der Waals surface area contributed by atoms with Crippen LogP contribution in [-0.2, 0) is 4.79 Å². The van der Waals surface area contributed by atoms with E-state index in [1.165, 1.54) is 24.5 Å². The summed E-state index contributed by atoms with van der Waals surface area (Å²) in [6.45, 7) is 0. The molecule has 26 heavy (non-hydrogen) atoms. The minimum atomic E-state index is -0.528. The molecule has 0 bridgehead atoms. The van der Waals surface area contributed by atoms with Crippen molar-refractivity contribution in [2.45, 2.75) is 0 Å². The number of methoxy groups -OCH3 is 1. The third-order valence-electron chi connectivity index (χ3n) is 3.32. The number of nitriles is 1. The number of ether oxygens (including phenoxy) is 1. The number of amides is 1. The highest BCUT2D eigenvalue weighted by Gasteiger charge is 2.12. The summed E-state index contributed by atoms with van der Waals surface area (Å²) in [7, 11) is 1.51. The average Bonchev–Trinajstić information content (AvgIpc) is 3.31. The Labute approximate surface area is 163 Å². The molecule has 1 amide bonds. The van der Waals surface area contributed by atoms with Gasteiger partial charge in [0.2, 0.25) is 0 Å². The molecule has 2 aromatic heterocycles. The highest BCUT2D eigenvalue weighted by Crippen LogP contribution is 2.29. The Morgan fingerprint density at radius 3 is 2.88 bits per heavy atom. The predicted octanol–water partition coefficient (Wildman–Crippen LogP) is 5.08. The lowest BCUT2D eigenvalue weighted by Crippen LogP contribution is -2.13. The number of carbonyl (C=O) groups is 1. The maximum atomic E-state index is 12.4. The van der Waals surface area contributed by atoms with Gasteiger partial charge in [-0.2, -0.15) is 5.26 Å². The van der Waals surface area contributed by atoms with Crippen LogP contribution in [0.25, 0.3) is 16.0 Å². The fourth-order valence-electron chi connectivity index (χ4n) is 2.10. The minimum Gasteiger partial charge on any atom is -0.495 e. The summed E-state index contributed by atoms with van der Waals surface area (Å²) in [4.78, 5) is 17.8. The number of aromatic nitrogens is 1. The van der Waals surface area contributed by atoms with Crippen LogP contribution in [0, 0.1) is 11.3 Å². The zero-order chi connectivity index (χ0) is 18.5. The average molecular weight is 402 g/mol. The molecule has 0 unspecified atom stereocenters. The van der Waals surface area contributed by atoms with Crippen molar-refractivity contribution in [3.8, 4) is 21.7 Å². The first-order valence-corrected chi connectivity index (χ1v) is 9.50.